The molecule has 0 radical (unpaired) electrons. The molecule has 0 aromatic heterocycles. The average Bonchev–Trinajstić information content (AvgIpc) is 2.46. The van der Waals surface area contributed by atoms with Crippen LogP contribution in [0, 0.1) is 5.92 Å². The standard InChI is InChI=1S/C17H16BrNO/c1-12-8-13-4-2-3-5-17(13)19(10-12)15-7-6-14(11-20)16(18)9-15/h2-7,9,11-12H,8,10H2,1H3. The quantitative estimate of drug-likeness (QED) is 0.751. The Labute approximate surface area is 127 Å². The molecule has 2 aromatic carbocycles. The van der Waals surface area contributed by atoms with Crippen LogP contribution in [0.4, 0.5) is 11.4 Å². The van der Waals surface area contributed by atoms with Crippen LogP contribution in [0.25, 0.3) is 0 Å². The Morgan fingerprint density at radius 3 is 2.80 bits per heavy atom. The fourth-order valence-corrected chi connectivity index (χ4v) is 3.28. The molecule has 0 spiro atoms. The molecule has 102 valence electrons. The summed E-state index contributed by atoms with van der Waals surface area (Å²) in [5.74, 6) is 0.620. The lowest BCUT2D eigenvalue weighted by molar-refractivity contribution is 0.112. The van der Waals surface area contributed by atoms with E-state index >= 15 is 0 Å². The highest BCUT2D eigenvalue weighted by Crippen LogP contribution is 2.36. The molecule has 0 saturated heterocycles. The lowest BCUT2D eigenvalue weighted by Crippen LogP contribution is -2.30. The molecular formula is C17H16BrNO. The van der Waals surface area contributed by atoms with E-state index in [1.165, 1.54) is 11.3 Å². The Balaban J connectivity index is 2.06. The van der Waals surface area contributed by atoms with Gasteiger partial charge in [-0.25, -0.2) is 0 Å². The first-order valence-electron chi connectivity index (χ1n) is 6.79. The van der Waals surface area contributed by atoms with Crippen LogP contribution < -0.4 is 4.90 Å². The lowest BCUT2D eigenvalue weighted by atomic mass is 9.93. The van der Waals surface area contributed by atoms with E-state index in [-0.39, 0.29) is 0 Å². The number of anilines is 2. The summed E-state index contributed by atoms with van der Waals surface area (Å²) in [4.78, 5) is 13.3. The molecule has 1 unspecified atom stereocenters. The minimum Gasteiger partial charge on any atom is -0.341 e. The van der Waals surface area contributed by atoms with E-state index in [1.54, 1.807) is 0 Å². The number of para-hydroxylation sites is 1. The van der Waals surface area contributed by atoms with Crippen molar-refractivity contribution in [2.75, 3.05) is 11.4 Å². The number of benzene rings is 2. The van der Waals surface area contributed by atoms with Gasteiger partial charge >= 0.3 is 0 Å². The maximum atomic E-state index is 10.9. The van der Waals surface area contributed by atoms with Crippen molar-refractivity contribution in [3.63, 3.8) is 0 Å². The third-order valence-electron chi connectivity index (χ3n) is 3.77. The van der Waals surface area contributed by atoms with Gasteiger partial charge in [0.05, 0.1) is 0 Å². The zero-order chi connectivity index (χ0) is 14.1. The number of aldehydes is 1. The van der Waals surface area contributed by atoms with Crippen LogP contribution in [0.15, 0.2) is 46.9 Å². The third-order valence-corrected chi connectivity index (χ3v) is 4.45. The van der Waals surface area contributed by atoms with Crippen LogP contribution in [0.3, 0.4) is 0 Å². The average molecular weight is 330 g/mol. The number of halogens is 1. The summed E-state index contributed by atoms with van der Waals surface area (Å²) in [5.41, 5.74) is 4.48. The normalized spacial score (nSPS) is 17.7. The Bertz CT molecular complexity index is 653. The highest BCUT2D eigenvalue weighted by molar-refractivity contribution is 9.10. The van der Waals surface area contributed by atoms with E-state index in [2.05, 4.69) is 52.0 Å². The lowest BCUT2D eigenvalue weighted by Gasteiger charge is -2.35. The number of carbonyl (C=O) groups excluding carboxylic acids is 1. The smallest absolute Gasteiger partial charge is 0.151 e. The molecule has 0 fully saturated rings. The molecule has 2 aromatic rings. The Morgan fingerprint density at radius 2 is 2.05 bits per heavy atom. The monoisotopic (exact) mass is 329 g/mol. The zero-order valence-corrected chi connectivity index (χ0v) is 12.9. The molecule has 3 heteroatoms. The van der Waals surface area contributed by atoms with Crippen molar-refractivity contribution in [3.05, 3.63) is 58.1 Å². The minimum absolute atomic E-state index is 0.620. The molecule has 0 bridgehead atoms. The summed E-state index contributed by atoms with van der Waals surface area (Å²) in [7, 11) is 0. The van der Waals surface area contributed by atoms with E-state index in [0.717, 1.165) is 29.4 Å². The number of rotatable bonds is 2. The Morgan fingerprint density at radius 1 is 1.25 bits per heavy atom. The molecule has 0 saturated carbocycles. The summed E-state index contributed by atoms with van der Waals surface area (Å²) >= 11 is 3.47. The van der Waals surface area contributed by atoms with Gasteiger partial charge in [0.1, 0.15) is 0 Å². The molecule has 3 rings (SSSR count). The van der Waals surface area contributed by atoms with Gasteiger partial charge in [0, 0.05) is 28.0 Å². The molecule has 2 nitrogen and oxygen atoms in total. The SMILES string of the molecule is CC1Cc2ccccc2N(c2ccc(C=O)c(Br)c2)C1. The first kappa shape index (κ1) is 13.4. The van der Waals surface area contributed by atoms with Crippen molar-refractivity contribution >= 4 is 33.6 Å². The van der Waals surface area contributed by atoms with Gasteiger partial charge in [-0.15, -0.1) is 0 Å². The van der Waals surface area contributed by atoms with Gasteiger partial charge in [-0.1, -0.05) is 25.1 Å². The van der Waals surface area contributed by atoms with Crippen LogP contribution in [0.2, 0.25) is 0 Å². The summed E-state index contributed by atoms with van der Waals surface area (Å²) in [6, 6.07) is 14.5. The topological polar surface area (TPSA) is 20.3 Å². The molecule has 0 N–H and O–H groups in total. The van der Waals surface area contributed by atoms with Crippen molar-refractivity contribution in [1.82, 2.24) is 0 Å². The van der Waals surface area contributed by atoms with Gasteiger partial charge in [-0.05, 0) is 58.1 Å². The Kier molecular flexibility index (Phi) is 3.62. The van der Waals surface area contributed by atoms with E-state index < -0.39 is 0 Å². The van der Waals surface area contributed by atoms with Crippen molar-refractivity contribution in [3.8, 4) is 0 Å². The summed E-state index contributed by atoms with van der Waals surface area (Å²) in [6.45, 7) is 3.28. The van der Waals surface area contributed by atoms with Crippen molar-refractivity contribution in [2.45, 2.75) is 13.3 Å². The van der Waals surface area contributed by atoms with Crippen LogP contribution in [0.5, 0.6) is 0 Å². The molecule has 1 heterocycles. The van der Waals surface area contributed by atoms with Crippen LogP contribution in [-0.4, -0.2) is 12.8 Å². The molecular weight excluding hydrogens is 314 g/mol. The number of hydrogen-bond acceptors (Lipinski definition) is 2. The van der Waals surface area contributed by atoms with Gasteiger partial charge < -0.3 is 4.90 Å². The van der Waals surface area contributed by atoms with E-state index in [9.17, 15) is 4.79 Å². The molecule has 0 amide bonds. The summed E-state index contributed by atoms with van der Waals surface area (Å²) in [6.07, 6.45) is 2.00. The van der Waals surface area contributed by atoms with E-state index in [0.29, 0.717) is 11.5 Å². The number of fused-ring (bicyclic) bond motifs is 1. The summed E-state index contributed by atoms with van der Waals surface area (Å²) < 4.78 is 0.848. The van der Waals surface area contributed by atoms with Crippen LogP contribution in [-0.2, 0) is 6.42 Å². The molecule has 1 atom stereocenters. The van der Waals surface area contributed by atoms with Gasteiger partial charge in [0.2, 0.25) is 0 Å². The molecule has 1 aliphatic rings. The van der Waals surface area contributed by atoms with Gasteiger partial charge in [-0.3, -0.25) is 4.79 Å². The van der Waals surface area contributed by atoms with Crippen LogP contribution in [0.1, 0.15) is 22.8 Å². The van der Waals surface area contributed by atoms with Gasteiger partial charge in [0.15, 0.2) is 6.29 Å². The van der Waals surface area contributed by atoms with Crippen molar-refractivity contribution < 1.29 is 4.79 Å². The minimum atomic E-state index is 0.620. The van der Waals surface area contributed by atoms with Gasteiger partial charge in [-0.2, -0.15) is 0 Å². The number of hydrogen-bond donors (Lipinski definition) is 0. The molecule has 20 heavy (non-hydrogen) atoms. The third kappa shape index (κ3) is 2.38. The predicted molar refractivity (Wildman–Crippen MR) is 85.8 cm³/mol. The fraction of sp³-hybridized carbons (Fsp3) is 0.235. The second kappa shape index (κ2) is 5.41. The van der Waals surface area contributed by atoms with Crippen LogP contribution >= 0.6 is 15.9 Å². The Hall–Kier alpha value is -1.61. The zero-order valence-electron chi connectivity index (χ0n) is 11.3. The summed E-state index contributed by atoms with van der Waals surface area (Å²) in [5, 5.41) is 0. The van der Waals surface area contributed by atoms with E-state index in [4.69, 9.17) is 0 Å². The predicted octanol–water partition coefficient (Wildman–Crippen LogP) is 4.59. The molecule has 0 aliphatic carbocycles. The maximum Gasteiger partial charge on any atom is 0.151 e. The number of carbonyl (C=O) groups is 1. The number of nitrogens with zero attached hydrogens (tertiary/aromatic N) is 1. The fourth-order valence-electron chi connectivity index (χ4n) is 2.82. The maximum absolute atomic E-state index is 10.9. The molecule has 1 aliphatic heterocycles. The van der Waals surface area contributed by atoms with Crippen molar-refractivity contribution in [2.24, 2.45) is 5.92 Å². The second-order valence-electron chi connectivity index (χ2n) is 5.37. The second-order valence-corrected chi connectivity index (χ2v) is 6.23. The van der Waals surface area contributed by atoms with Gasteiger partial charge in [0.25, 0.3) is 0 Å². The highest BCUT2D eigenvalue weighted by Gasteiger charge is 2.22. The first-order chi connectivity index (χ1) is 9.69. The van der Waals surface area contributed by atoms with E-state index in [1.807, 2.05) is 18.2 Å². The highest BCUT2D eigenvalue weighted by atomic mass is 79.9. The largest absolute Gasteiger partial charge is 0.341 e. The van der Waals surface area contributed by atoms with Crippen molar-refractivity contribution in [1.29, 1.82) is 0 Å². The first-order valence-corrected chi connectivity index (χ1v) is 7.58.